The Morgan fingerprint density at radius 3 is 2.67 bits per heavy atom. The third-order valence-electron chi connectivity index (χ3n) is 3.79. The van der Waals surface area contributed by atoms with Gasteiger partial charge in [0.1, 0.15) is 22.5 Å². The number of aromatic hydroxyl groups is 1. The summed E-state index contributed by atoms with van der Waals surface area (Å²) < 4.78 is 0. The van der Waals surface area contributed by atoms with Crippen LogP contribution in [0.15, 0.2) is 30.3 Å². The van der Waals surface area contributed by atoms with Crippen molar-refractivity contribution in [2.75, 3.05) is 0 Å². The quantitative estimate of drug-likeness (QED) is 0.740. The maximum atomic E-state index is 10.8. The first-order valence-corrected chi connectivity index (χ1v) is 7.95. The molecule has 2 N–H and O–H groups in total. The molecule has 124 valence electrons. The van der Waals surface area contributed by atoms with E-state index in [4.69, 9.17) is 16.7 Å². The van der Waals surface area contributed by atoms with Gasteiger partial charge in [-0.1, -0.05) is 24.6 Å². The first-order chi connectivity index (χ1) is 11.5. The fourth-order valence-electron chi connectivity index (χ4n) is 2.56. The Labute approximate surface area is 143 Å². The summed E-state index contributed by atoms with van der Waals surface area (Å²) in [6.07, 6.45) is 1.02. The van der Waals surface area contributed by atoms with Crippen molar-refractivity contribution in [3.63, 3.8) is 0 Å². The van der Waals surface area contributed by atoms with Crippen LogP contribution in [-0.4, -0.2) is 31.2 Å². The number of halogens is 1. The predicted octanol–water partition coefficient (Wildman–Crippen LogP) is 3.36. The number of hydrogen-bond acceptors (Lipinski definition) is 4. The maximum absolute atomic E-state index is 10.8. The van der Waals surface area contributed by atoms with Crippen molar-refractivity contribution < 1.29 is 15.0 Å². The number of benzene rings is 2. The standard InChI is InChI=1S/C17H16ClN3O3/c1-2-11-7-10(3-6-16(22)23)8-15(17(11)24)21-19-13-5-4-12(18)9-14(13)20-21/h4-5,7-9,24H,2-3,6H2,1H3,(H,22,23). The monoisotopic (exact) mass is 345 g/mol. The number of aliphatic carboxylic acids is 1. The molecule has 0 saturated carbocycles. The molecule has 0 saturated heterocycles. The van der Waals surface area contributed by atoms with Crippen LogP contribution in [0, 0.1) is 0 Å². The molecule has 0 spiro atoms. The number of aryl methyl sites for hydroxylation is 2. The summed E-state index contributed by atoms with van der Waals surface area (Å²) >= 11 is 5.97. The maximum Gasteiger partial charge on any atom is 0.303 e. The number of fused-ring (bicyclic) bond motifs is 1. The highest BCUT2D eigenvalue weighted by Gasteiger charge is 2.14. The van der Waals surface area contributed by atoms with Crippen molar-refractivity contribution in [2.45, 2.75) is 26.2 Å². The zero-order chi connectivity index (χ0) is 17.3. The fraction of sp³-hybridized carbons (Fsp3) is 0.235. The van der Waals surface area contributed by atoms with E-state index < -0.39 is 5.97 Å². The Morgan fingerprint density at radius 2 is 1.96 bits per heavy atom. The number of carboxylic acids is 1. The van der Waals surface area contributed by atoms with E-state index in [0.29, 0.717) is 34.6 Å². The van der Waals surface area contributed by atoms with Crippen molar-refractivity contribution in [3.05, 3.63) is 46.5 Å². The van der Waals surface area contributed by atoms with Crippen molar-refractivity contribution >= 4 is 28.6 Å². The number of hydrogen-bond donors (Lipinski definition) is 2. The summed E-state index contributed by atoms with van der Waals surface area (Å²) in [5.74, 6) is -0.761. The molecule has 0 amide bonds. The molecule has 0 aliphatic rings. The zero-order valence-electron chi connectivity index (χ0n) is 13.0. The number of rotatable bonds is 5. The van der Waals surface area contributed by atoms with Crippen LogP contribution in [0.25, 0.3) is 16.7 Å². The lowest BCUT2D eigenvalue weighted by molar-refractivity contribution is -0.136. The van der Waals surface area contributed by atoms with Crippen molar-refractivity contribution in [3.8, 4) is 11.4 Å². The van der Waals surface area contributed by atoms with Crippen molar-refractivity contribution in [2.24, 2.45) is 0 Å². The highest BCUT2D eigenvalue weighted by molar-refractivity contribution is 6.31. The van der Waals surface area contributed by atoms with Crippen LogP contribution in [0.2, 0.25) is 5.02 Å². The Balaban J connectivity index is 2.09. The lowest BCUT2D eigenvalue weighted by Crippen LogP contribution is -2.04. The summed E-state index contributed by atoms with van der Waals surface area (Å²) in [7, 11) is 0. The van der Waals surface area contributed by atoms with Crippen LogP contribution >= 0.6 is 11.6 Å². The second kappa shape index (κ2) is 6.49. The van der Waals surface area contributed by atoms with Crippen LogP contribution in [0.4, 0.5) is 0 Å². The van der Waals surface area contributed by atoms with Gasteiger partial charge < -0.3 is 10.2 Å². The third kappa shape index (κ3) is 3.19. The van der Waals surface area contributed by atoms with Gasteiger partial charge in [0.2, 0.25) is 0 Å². The second-order valence-electron chi connectivity index (χ2n) is 5.49. The summed E-state index contributed by atoms with van der Waals surface area (Å²) in [6.45, 7) is 1.92. The summed E-state index contributed by atoms with van der Waals surface area (Å²) in [4.78, 5) is 12.2. The van der Waals surface area contributed by atoms with Crippen LogP contribution in [-0.2, 0) is 17.6 Å². The average molecular weight is 346 g/mol. The molecule has 0 atom stereocenters. The molecule has 0 radical (unpaired) electrons. The van der Waals surface area contributed by atoms with Gasteiger partial charge in [0.25, 0.3) is 0 Å². The van der Waals surface area contributed by atoms with E-state index >= 15 is 0 Å². The molecule has 0 fully saturated rings. The average Bonchev–Trinajstić information content (AvgIpc) is 2.96. The lowest BCUT2D eigenvalue weighted by Gasteiger charge is -2.11. The molecular weight excluding hydrogens is 330 g/mol. The molecule has 0 bridgehead atoms. The summed E-state index contributed by atoms with van der Waals surface area (Å²) in [5.41, 5.74) is 3.26. The molecule has 0 unspecified atom stereocenters. The Hall–Kier alpha value is -2.60. The first kappa shape index (κ1) is 16.3. The minimum absolute atomic E-state index is 0.0253. The number of nitrogens with zero attached hydrogens (tertiary/aromatic N) is 3. The molecule has 1 aromatic heterocycles. The van der Waals surface area contributed by atoms with Crippen LogP contribution in [0.5, 0.6) is 5.75 Å². The number of aromatic nitrogens is 3. The van der Waals surface area contributed by atoms with E-state index in [1.807, 2.05) is 13.0 Å². The second-order valence-corrected chi connectivity index (χ2v) is 5.93. The highest BCUT2D eigenvalue weighted by Crippen LogP contribution is 2.29. The SMILES string of the molecule is CCc1cc(CCC(=O)O)cc(-n2nc3ccc(Cl)cc3n2)c1O. The minimum Gasteiger partial charge on any atom is -0.505 e. The van der Waals surface area contributed by atoms with E-state index in [-0.39, 0.29) is 12.2 Å². The molecule has 6 nitrogen and oxygen atoms in total. The van der Waals surface area contributed by atoms with Gasteiger partial charge in [-0.15, -0.1) is 15.0 Å². The molecular formula is C17H16ClN3O3. The van der Waals surface area contributed by atoms with Gasteiger partial charge in [-0.3, -0.25) is 4.79 Å². The van der Waals surface area contributed by atoms with E-state index in [9.17, 15) is 9.90 Å². The van der Waals surface area contributed by atoms with Gasteiger partial charge in [-0.05, 0) is 48.2 Å². The normalized spacial score (nSPS) is 11.1. The molecule has 3 aromatic rings. The highest BCUT2D eigenvalue weighted by atomic mass is 35.5. The predicted molar refractivity (Wildman–Crippen MR) is 90.9 cm³/mol. The minimum atomic E-state index is -0.861. The zero-order valence-corrected chi connectivity index (χ0v) is 13.8. The topological polar surface area (TPSA) is 88.2 Å². The van der Waals surface area contributed by atoms with Gasteiger partial charge in [-0.25, -0.2) is 0 Å². The number of carbonyl (C=O) groups is 1. The summed E-state index contributed by atoms with van der Waals surface area (Å²) in [5, 5.41) is 28.6. The van der Waals surface area contributed by atoms with Gasteiger partial charge in [0, 0.05) is 11.4 Å². The molecule has 0 aliphatic carbocycles. The fourth-order valence-corrected chi connectivity index (χ4v) is 2.72. The number of carboxylic acid groups (broad SMARTS) is 1. The van der Waals surface area contributed by atoms with Crippen molar-refractivity contribution in [1.29, 1.82) is 0 Å². The Bertz CT molecular complexity index is 921. The van der Waals surface area contributed by atoms with Gasteiger partial charge in [-0.2, -0.15) is 0 Å². The molecule has 24 heavy (non-hydrogen) atoms. The van der Waals surface area contributed by atoms with Crippen molar-refractivity contribution in [1.82, 2.24) is 15.0 Å². The smallest absolute Gasteiger partial charge is 0.303 e. The molecule has 1 heterocycles. The third-order valence-corrected chi connectivity index (χ3v) is 4.03. The molecule has 0 aliphatic heterocycles. The molecule has 3 rings (SSSR count). The van der Waals surface area contributed by atoms with Gasteiger partial charge >= 0.3 is 5.97 Å². The Morgan fingerprint density at radius 1 is 1.21 bits per heavy atom. The largest absolute Gasteiger partial charge is 0.505 e. The summed E-state index contributed by atoms with van der Waals surface area (Å²) in [6, 6.07) is 8.73. The first-order valence-electron chi connectivity index (χ1n) is 7.57. The van der Waals surface area contributed by atoms with Gasteiger partial charge in [0.15, 0.2) is 0 Å². The van der Waals surface area contributed by atoms with Crippen LogP contribution in [0.1, 0.15) is 24.5 Å². The molecule has 2 aromatic carbocycles. The number of phenols is 1. The van der Waals surface area contributed by atoms with Crippen LogP contribution in [0.3, 0.4) is 0 Å². The van der Waals surface area contributed by atoms with E-state index in [2.05, 4.69) is 10.2 Å². The Kier molecular flexibility index (Phi) is 4.40. The number of phenolic OH excluding ortho intramolecular Hbond substituents is 1. The molecule has 7 heteroatoms. The van der Waals surface area contributed by atoms with Gasteiger partial charge in [0.05, 0.1) is 0 Å². The van der Waals surface area contributed by atoms with Crippen LogP contribution < -0.4 is 0 Å². The van der Waals surface area contributed by atoms with E-state index in [1.165, 1.54) is 4.80 Å². The van der Waals surface area contributed by atoms with E-state index in [0.717, 1.165) is 11.1 Å². The lowest BCUT2D eigenvalue weighted by atomic mass is 10.0. The van der Waals surface area contributed by atoms with E-state index in [1.54, 1.807) is 24.3 Å².